The molecule has 1 aliphatic heterocycles. The van der Waals surface area contributed by atoms with Crippen molar-refractivity contribution in [3.63, 3.8) is 0 Å². The second-order valence-corrected chi connectivity index (χ2v) is 4.27. The maximum absolute atomic E-state index is 11.9. The molecule has 0 spiro atoms. The first-order valence-electron chi connectivity index (χ1n) is 6.25. The zero-order chi connectivity index (χ0) is 13.0. The van der Waals surface area contributed by atoms with E-state index < -0.39 is 0 Å². The zero-order valence-electron chi connectivity index (χ0n) is 10.5. The van der Waals surface area contributed by atoms with Gasteiger partial charge in [-0.1, -0.05) is 12.1 Å². The number of ketones is 1. The molecule has 1 heterocycles. The van der Waals surface area contributed by atoms with Crippen LogP contribution in [0.3, 0.4) is 0 Å². The lowest BCUT2D eigenvalue weighted by Gasteiger charge is -2.23. The number of hydrogen-bond donors (Lipinski definition) is 0. The number of carbonyl (C=O) groups excluding carboxylic acids is 2. The molecule has 0 amide bonds. The van der Waals surface area contributed by atoms with Crippen molar-refractivity contribution in [2.45, 2.75) is 19.8 Å². The van der Waals surface area contributed by atoms with E-state index >= 15 is 0 Å². The topological polar surface area (TPSA) is 46.6 Å². The molecule has 0 N–H and O–H groups in total. The van der Waals surface area contributed by atoms with E-state index in [0.717, 1.165) is 12.1 Å². The Kier molecular flexibility index (Phi) is 3.97. The normalized spacial score (nSPS) is 14.9. The van der Waals surface area contributed by atoms with Gasteiger partial charge in [-0.05, 0) is 25.5 Å². The number of para-hydroxylation sites is 1. The van der Waals surface area contributed by atoms with E-state index in [0.29, 0.717) is 25.1 Å². The molecule has 0 aromatic heterocycles. The van der Waals surface area contributed by atoms with Gasteiger partial charge in [0.1, 0.15) is 6.54 Å². The SMILES string of the molecule is CCOC(=O)CN1CCCC(=O)c2ccccc21. The minimum atomic E-state index is -0.248. The summed E-state index contributed by atoms with van der Waals surface area (Å²) in [6.07, 6.45) is 1.31. The van der Waals surface area contributed by atoms with E-state index in [2.05, 4.69) is 0 Å². The molecular weight excluding hydrogens is 230 g/mol. The van der Waals surface area contributed by atoms with Gasteiger partial charge >= 0.3 is 5.97 Å². The summed E-state index contributed by atoms with van der Waals surface area (Å²) in [5, 5.41) is 0. The molecule has 1 aromatic carbocycles. The summed E-state index contributed by atoms with van der Waals surface area (Å²) in [5.41, 5.74) is 1.55. The molecule has 0 aliphatic carbocycles. The number of carbonyl (C=O) groups is 2. The number of Topliss-reactive ketones (excluding diaryl/α,β-unsaturated/α-hetero) is 1. The van der Waals surface area contributed by atoms with Gasteiger partial charge in [-0.2, -0.15) is 0 Å². The van der Waals surface area contributed by atoms with Crippen LogP contribution < -0.4 is 4.90 Å². The summed E-state index contributed by atoms with van der Waals surface area (Å²) in [5.74, 6) is -0.0985. The Labute approximate surface area is 107 Å². The van der Waals surface area contributed by atoms with E-state index in [1.54, 1.807) is 6.92 Å². The highest BCUT2D eigenvalue weighted by Crippen LogP contribution is 2.25. The van der Waals surface area contributed by atoms with Gasteiger partial charge in [-0.3, -0.25) is 9.59 Å². The maximum atomic E-state index is 11.9. The van der Waals surface area contributed by atoms with Crippen molar-refractivity contribution in [2.75, 3.05) is 24.6 Å². The van der Waals surface area contributed by atoms with Gasteiger partial charge in [0.05, 0.1) is 6.61 Å². The lowest BCUT2D eigenvalue weighted by Crippen LogP contribution is -2.31. The first-order chi connectivity index (χ1) is 8.72. The van der Waals surface area contributed by atoms with Gasteiger partial charge in [-0.25, -0.2) is 0 Å². The predicted molar refractivity (Wildman–Crippen MR) is 68.9 cm³/mol. The number of esters is 1. The second-order valence-electron chi connectivity index (χ2n) is 4.27. The highest BCUT2D eigenvalue weighted by Gasteiger charge is 2.22. The average Bonchev–Trinajstić information content (AvgIpc) is 2.51. The fraction of sp³-hybridized carbons (Fsp3) is 0.429. The van der Waals surface area contributed by atoms with Crippen LogP contribution in [0.2, 0.25) is 0 Å². The van der Waals surface area contributed by atoms with Crippen LogP contribution in [-0.4, -0.2) is 31.4 Å². The molecule has 0 saturated heterocycles. The predicted octanol–water partition coefficient (Wildman–Crippen LogP) is 2.03. The van der Waals surface area contributed by atoms with Gasteiger partial charge in [0.25, 0.3) is 0 Å². The molecule has 18 heavy (non-hydrogen) atoms. The minimum Gasteiger partial charge on any atom is -0.465 e. The lowest BCUT2D eigenvalue weighted by atomic mass is 10.1. The van der Waals surface area contributed by atoms with Crippen molar-refractivity contribution in [3.8, 4) is 0 Å². The van der Waals surface area contributed by atoms with Gasteiger partial charge in [0, 0.05) is 24.2 Å². The molecule has 4 nitrogen and oxygen atoms in total. The summed E-state index contributed by atoms with van der Waals surface area (Å²) in [6.45, 7) is 3.09. The smallest absolute Gasteiger partial charge is 0.325 e. The van der Waals surface area contributed by atoms with E-state index in [-0.39, 0.29) is 18.3 Å². The van der Waals surface area contributed by atoms with Crippen molar-refractivity contribution in [3.05, 3.63) is 29.8 Å². The van der Waals surface area contributed by atoms with Crippen LogP contribution >= 0.6 is 0 Å². The van der Waals surface area contributed by atoms with E-state index in [1.807, 2.05) is 29.2 Å². The van der Waals surface area contributed by atoms with E-state index in [4.69, 9.17) is 4.74 Å². The molecule has 1 aliphatic rings. The summed E-state index contributed by atoms with van der Waals surface area (Å²) < 4.78 is 4.96. The van der Waals surface area contributed by atoms with Crippen LogP contribution in [0.1, 0.15) is 30.1 Å². The van der Waals surface area contributed by atoms with Crippen LogP contribution in [-0.2, 0) is 9.53 Å². The lowest BCUT2D eigenvalue weighted by molar-refractivity contribution is -0.141. The van der Waals surface area contributed by atoms with Crippen LogP contribution in [0.4, 0.5) is 5.69 Å². The largest absolute Gasteiger partial charge is 0.465 e. The average molecular weight is 247 g/mol. The van der Waals surface area contributed by atoms with Crippen LogP contribution in [0, 0.1) is 0 Å². The Hall–Kier alpha value is -1.84. The van der Waals surface area contributed by atoms with Crippen molar-refractivity contribution >= 4 is 17.4 Å². The minimum absolute atomic E-state index is 0.150. The maximum Gasteiger partial charge on any atom is 0.325 e. The molecule has 0 radical (unpaired) electrons. The Morgan fingerprint density at radius 1 is 1.39 bits per heavy atom. The monoisotopic (exact) mass is 247 g/mol. The molecule has 0 atom stereocenters. The molecule has 0 unspecified atom stereocenters. The third-order valence-electron chi connectivity index (χ3n) is 3.00. The summed E-state index contributed by atoms with van der Waals surface area (Å²) in [6, 6.07) is 7.44. The number of ether oxygens (including phenoxy) is 1. The number of anilines is 1. The molecule has 0 bridgehead atoms. The summed E-state index contributed by atoms with van der Waals surface area (Å²) in [7, 11) is 0. The fourth-order valence-corrected chi connectivity index (χ4v) is 2.20. The molecule has 96 valence electrons. The van der Waals surface area contributed by atoms with Crippen molar-refractivity contribution in [1.82, 2.24) is 0 Å². The first-order valence-corrected chi connectivity index (χ1v) is 6.25. The first kappa shape index (κ1) is 12.6. The van der Waals surface area contributed by atoms with Gasteiger partial charge in [0.15, 0.2) is 5.78 Å². The molecule has 2 rings (SSSR count). The quantitative estimate of drug-likeness (QED) is 0.767. The van der Waals surface area contributed by atoms with E-state index in [9.17, 15) is 9.59 Å². The van der Waals surface area contributed by atoms with Crippen molar-refractivity contribution in [2.24, 2.45) is 0 Å². The highest BCUT2D eigenvalue weighted by molar-refractivity contribution is 6.02. The van der Waals surface area contributed by atoms with Crippen molar-refractivity contribution < 1.29 is 14.3 Å². The van der Waals surface area contributed by atoms with Crippen LogP contribution in [0.25, 0.3) is 0 Å². The van der Waals surface area contributed by atoms with Crippen LogP contribution in [0.5, 0.6) is 0 Å². The molecule has 4 heteroatoms. The molecule has 0 fully saturated rings. The molecular formula is C14H17NO3. The molecule has 1 aromatic rings. The highest BCUT2D eigenvalue weighted by atomic mass is 16.5. The Bertz CT molecular complexity index is 456. The second kappa shape index (κ2) is 5.67. The Balaban J connectivity index is 2.23. The third-order valence-corrected chi connectivity index (χ3v) is 3.00. The van der Waals surface area contributed by atoms with Crippen molar-refractivity contribution in [1.29, 1.82) is 0 Å². The number of fused-ring (bicyclic) bond motifs is 1. The van der Waals surface area contributed by atoms with Gasteiger partial charge in [0.2, 0.25) is 0 Å². The van der Waals surface area contributed by atoms with E-state index in [1.165, 1.54) is 0 Å². The molecule has 0 saturated carbocycles. The Morgan fingerprint density at radius 3 is 2.94 bits per heavy atom. The zero-order valence-corrected chi connectivity index (χ0v) is 10.5. The number of nitrogens with zero attached hydrogens (tertiary/aromatic N) is 1. The third kappa shape index (κ3) is 2.70. The standard InChI is InChI=1S/C14H17NO3/c1-2-18-14(17)10-15-9-5-8-13(16)11-6-3-4-7-12(11)15/h3-4,6-7H,2,5,8-10H2,1H3. The summed E-state index contributed by atoms with van der Waals surface area (Å²) in [4.78, 5) is 25.4. The number of benzene rings is 1. The number of rotatable bonds is 3. The van der Waals surface area contributed by atoms with Gasteiger partial charge < -0.3 is 9.64 Å². The van der Waals surface area contributed by atoms with Crippen LogP contribution in [0.15, 0.2) is 24.3 Å². The summed E-state index contributed by atoms with van der Waals surface area (Å²) >= 11 is 0. The van der Waals surface area contributed by atoms with Gasteiger partial charge in [-0.15, -0.1) is 0 Å². The fourth-order valence-electron chi connectivity index (χ4n) is 2.20. The number of hydrogen-bond acceptors (Lipinski definition) is 4. The Morgan fingerprint density at radius 2 is 2.17 bits per heavy atom.